The molecule has 2 aliphatic rings. The van der Waals surface area contributed by atoms with Gasteiger partial charge in [0.2, 0.25) is 10.0 Å². The molecule has 0 bridgehead atoms. The van der Waals surface area contributed by atoms with Crippen LogP contribution >= 0.6 is 0 Å². The van der Waals surface area contributed by atoms with Crippen LogP contribution in [0, 0.1) is 5.92 Å². The van der Waals surface area contributed by atoms with Crippen LogP contribution in [-0.4, -0.2) is 49.3 Å². The molecular weight excluding hydrogens is 356 g/mol. The fraction of sp³-hybridized carbons (Fsp3) is 0.727. The summed E-state index contributed by atoms with van der Waals surface area (Å²) in [7, 11) is -3.43. The van der Waals surface area contributed by atoms with E-state index in [1.54, 1.807) is 12.1 Å². The van der Waals surface area contributed by atoms with Gasteiger partial charge in [-0.3, -0.25) is 0 Å². The molecule has 5 heteroatoms. The van der Waals surface area contributed by atoms with E-state index in [0.717, 1.165) is 19.3 Å². The van der Waals surface area contributed by atoms with Crippen molar-refractivity contribution < 1.29 is 8.42 Å². The molecule has 152 valence electrons. The summed E-state index contributed by atoms with van der Waals surface area (Å²) in [4.78, 5) is 3.04. The van der Waals surface area contributed by atoms with Gasteiger partial charge in [0.25, 0.3) is 0 Å². The monoisotopic (exact) mass is 392 g/mol. The maximum absolute atomic E-state index is 13.4. The Labute approximate surface area is 166 Å². The summed E-state index contributed by atoms with van der Waals surface area (Å²) in [6.07, 6.45) is 5.44. The second kappa shape index (κ2) is 8.62. The summed E-state index contributed by atoms with van der Waals surface area (Å²) in [6, 6.07) is 8.18. The van der Waals surface area contributed by atoms with Crippen molar-refractivity contribution in [1.29, 1.82) is 0 Å². The zero-order valence-corrected chi connectivity index (χ0v) is 18.2. The Kier molecular flexibility index (Phi) is 6.65. The third-order valence-corrected chi connectivity index (χ3v) is 8.15. The zero-order valence-electron chi connectivity index (χ0n) is 17.4. The number of sulfonamides is 1. The number of nitrogens with zero attached hydrogens (tertiary/aromatic N) is 2. The molecule has 0 aliphatic carbocycles. The maximum atomic E-state index is 13.4. The van der Waals surface area contributed by atoms with Gasteiger partial charge in [-0.05, 0) is 74.7 Å². The third-order valence-electron chi connectivity index (χ3n) is 6.19. The fourth-order valence-electron chi connectivity index (χ4n) is 4.68. The van der Waals surface area contributed by atoms with E-state index in [9.17, 15) is 8.42 Å². The van der Waals surface area contributed by atoms with Gasteiger partial charge < -0.3 is 4.90 Å². The number of rotatable bonds is 6. The van der Waals surface area contributed by atoms with E-state index in [4.69, 9.17) is 0 Å². The molecule has 0 radical (unpaired) electrons. The molecule has 2 atom stereocenters. The maximum Gasteiger partial charge on any atom is 0.243 e. The molecule has 0 spiro atoms. The normalized spacial score (nSPS) is 25.6. The summed E-state index contributed by atoms with van der Waals surface area (Å²) in [5.74, 6) is 0.903. The molecule has 1 aromatic rings. The highest BCUT2D eigenvalue weighted by molar-refractivity contribution is 7.89. The van der Waals surface area contributed by atoms with Crippen LogP contribution in [0.15, 0.2) is 29.2 Å². The molecule has 2 fully saturated rings. The predicted octanol–water partition coefficient (Wildman–Crippen LogP) is 4.47. The van der Waals surface area contributed by atoms with Crippen LogP contribution in [0.3, 0.4) is 0 Å². The number of hydrogen-bond acceptors (Lipinski definition) is 3. The number of likely N-dealkylation sites (tertiary alicyclic amines) is 1. The topological polar surface area (TPSA) is 40.6 Å². The van der Waals surface area contributed by atoms with Crippen LogP contribution in [0.2, 0.25) is 0 Å². The van der Waals surface area contributed by atoms with Crippen molar-refractivity contribution in [2.45, 2.75) is 82.7 Å². The smallest absolute Gasteiger partial charge is 0.243 e. The van der Waals surface area contributed by atoms with Crippen LogP contribution < -0.4 is 0 Å². The van der Waals surface area contributed by atoms with E-state index >= 15 is 0 Å². The average molecular weight is 393 g/mol. The number of hydrogen-bond donors (Lipinski definition) is 0. The molecular formula is C22H36N2O2S. The minimum atomic E-state index is -3.43. The lowest BCUT2D eigenvalue weighted by Crippen LogP contribution is -2.51. The van der Waals surface area contributed by atoms with Crippen molar-refractivity contribution in [3.05, 3.63) is 29.8 Å². The molecule has 2 heterocycles. The summed E-state index contributed by atoms with van der Waals surface area (Å²) in [5.41, 5.74) is 1.18. The largest absolute Gasteiger partial charge is 0.300 e. The highest BCUT2D eigenvalue weighted by Crippen LogP contribution is 2.32. The van der Waals surface area contributed by atoms with Crippen molar-refractivity contribution in [3.8, 4) is 0 Å². The molecule has 27 heavy (non-hydrogen) atoms. The molecule has 0 amide bonds. The Morgan fingerprint density at radius 3 is 2.19 bits per heavy atom. The van der Waals surface area contributed by atoms with Gasteiger partial charge in [-0.2, -0.15) is 4.31 Å². The summed E-state index contributed by atoms with van der Waals surface area (Å²) >= 11 is 0. The lowest BCUT2D eigenvalue weighted by atomic mass is 9.92. The fourth-order valence-corrected chi connectivity index (χ4v) is 6.34. The van der Waals surface area contributed by atoms with Gasteiger partial charge in [-0.1, -0.05) is 39.8 Å². The standard InChI is InChI=1S/C22H36N2O2S/c1-17(2)15-21-16-20(23-12-5-6-13-23)11-14-24(21)27(25,26)22-9-7-19(8-10-22)18(3)4/h7-10,17-18,20-21H,5-6,11-16H2,1-4H3. The predicted molar refractivity (Wildman–Crippen MR) is 111 cm³/mol. The molecule has 2 unspecified atom stereocenters. The van der Waals surface area contributed by atoms with E-state index in [-0.39, 0.29) is 6.04 Å². The van der Waals surface area contributed by atoms with E-state index < -0.39 is 10.0 Å². The molecule has 0 aromatic heterocycles. The SMILES string of the molecule is CC(C)CC1CC(N2CCCC2)CCN1S(=O)(=O)c1ccc(C(C)C)cc1. The second-order valence-electron chi connectivity index (χ2n) is 9.04. The van der Waals surface area contributed by atoms with E-state index in [1.807, 2.05) is 16.4 Å². The first-order chi connectivity index (χ1) is 12.8. The lowest BCUT2D eigenvalue weighted by Gasteiger charge is -2.42. The second-order valence-corrected chi connectivity index (χ2v) is 10.9. The Bertz CT molecular complexity index is 706. The van der Waals surface area contributed by atoms with Crippen LogP contribution in [0.25, 0.3) is 0 Å². The van der Waals surface area contributed by atoms with E-state index in [0.29, 0.717) is 29.3 Å². The Morgan fingerprint density at radius 2 is 1.63 bits per heavy atom. The van der Waals surface area contributed by atoms with Crippen molar-refractivity contribution in [3.63, 3.8) is 0 Å². The van der Waals surface area contributed by atoms with Crippen LogP contribution in [0.5, 0.6) is 0 Å². The van der Waals surface area contributed by atoms with Gasteiger partial charge in [-0.25, -0.2) is 8.42 Å². The number of piperidine rings is 1. The van der Waals surface area contributed by atoms with Crippen molar-refractivity contribution in [2.24, 2.45) is 5.92 Å². The zero-order chi connectivity index (χ0) is 19.6. The van der Waals surface area contributed by atoms with Crippen molar-refractivity contribution in [1.82, 2.24) is 9.21 Å². The first-order valence-electron chi connectivity index (χ1n) is 10.6. The third kappa shape index (κ3) is 4.75. The molecule has 0 N–H and O–H groups in total. The summed E-state index contributed by atoms with van der Waals surface area (Å²) in [6.45, 7) is 11.7. The first-order valence-corrected chi connectivity index (χ1v) is 12.1. The minimum Gasteiger partial charge on any atom is -0.300 e. The molecule has 1 aromatic carbocycles. The van der Waals surface area contributed by atoms with Gasteiger partial charge in [0, 0.05) is 18.6 Å². The van der Waals surface area contributed by atoms with Crippen molar-refractivity contribution >= 4 is 10.0 Å². The quantitative estimate of drug-likeness (QED) is 0.717. The Morgan fingerprint density at radius 1 is 1.00 bits per heavy atom. The lowest BCUT2D eigenvalue weighted by molar-refractivity contribution is 0.118. The summed E-state index contributed by atoms with van der Waals surface area (Å²) < 4.78 is 28.6. The van der Waals surface area contributed by atoms with Crippen molar-refractivity contribution in [2.75, 3.05) is 19.6 Å². The molecule has 4 nitrogen and oxygen atoms in total. The minimum absolute atomic E-state index is 0.110. The van der Waals surface area contributed by atoms with Gasteiger partial charge in [0.15, 0.2) is 0 Å². The average Bonchev–Trinajstić information content (AvgIpc) is 3.15. The highest BCUT2D eigenvalue weighted by atomic mass is 32.2. The molecule has 2 aliphatic heterocycles. The van der Waals surface area contributed by atoms with E-state index in [2.05, 4.69) is 32.6 Å². The van der Waals surface area contributed by atoms with Crippen LogP contribution in [-0.2, 0) is 10.0 Å². The van der Waals surface area contributed by atoms with Crippen LogP contribution in [0.4, 0.5) is 0 Å². The Balaban J connectivity index is 1.81. The molecule has 3 rings (SSSR count). The first kappa shape index (κ1) is 20.8. The van der Waals surface area contributed by atoms with Gasteiger partial charge in [-0.15, -0.1) is 0 Å². The number of benzene rings is 1. The van der Waals surface area contributed by atoms with Gasteiger partial charge in [0.05, 0.1) is 4.90 Å². The van der Waals surface area contributed by atoms with E-state index in [1.165, 1.54) is 31.5 Å². The molecule has 2 saturated heterocycles. The van der Waals surface area contributed by atoms with Gasteiger partial charge in [0.1, 0.15) is 0 Å². The van der Waals surface area contributed by atoms with Gasteiger partial charge >= 0.3 is 0 Å². The summed E-state index contributed by atoms with van der Waals surface area (Å²) in [5, 5.41) is 0. The highest BCUT2D eigenvalue weighted by Gasteiger charge is 2.39. The Hall–Kier alpha value is -0.910. The molecule has 0 saturated carbocycles. The van der Waals surface area contributed by atoms with Crippen LogP contribution in [0.1, 0.15) is 71.3 Å².